The molecule has 27 heavy (non-hydrogen) atoms. The maximum absolute atomic E-state index is 13.4. The number of rotatable bonds is 3. The summed E-state index contributed by atoms with van der Waals surface area (Å²) < 4.78 is 79.4. The summed E-state index contributed by atoms with van der Waals surface area (Å²) in [5, 5.41) is 10.5. The van der Waals surface area contributed by atoms with Crippen LogP contribution in [0.5, 0.6) is 0 Å². The minimum Gasteiger partial charge on any atom is -0.481 e. The predicted molar refractivity (Wildman–Crippen MR) is 80.7 cm³/mol. The Kier molecular flexibility index (Phi) is 5.91. The number of carbonyl (C=O) groups excluding carboxylic acids is 1. The lowest BCUT2D eigenvalue weighted by Crippen LogP contribution is -2.49. The highest BCUT2D eigenvalue weighted by molar-refractivity contribution is 5.76. The molecule has 0 bridgehead atoms. The van der Waals surface area contributed by atoms with Gasteiger partial charge in [-0.3, -0.25) is 4.79 Å². The van der Waals surface area contributed by atoms with Crippen molar-refractivity contribution in [3.63, 3.8) is 0 Å². The minimum atomic E-state index is -5.16. The Labute approximate surface area is 149 Å². The molecular weight excluding hydrogens is 382 g/mol. The quantitative estimate of drug-likeness (QED) is 0.761. The van der Waals surface area contributed by atoms with Crippen molar-refractivity contribution in [2.75, 3.05) is 13.1 Å². The summed E-state index contributed by atoms with van der Waals surface area (Å²) in [4.78, 5) is 24.0. The molecule has 0 spiro atoms. The van der Waals surface area contributed by atoms with Crippen molar-refractivity contribution in [1.82, 2.24) is 10.2 Å². The molecule has 2 amide bonds. The van der Waals surface area contributed by atoms with Crippen molar-refractivity contribution in [1.29, 1.82) is 0 Å². The van der Waals surface area contributed by atoms with E-state index in [2.05, 4.69) is 0 Å². The lowest BCUT2D eigenvalue weighted by Gasteiger charge is -2.32. The fraction of sp³-hybridized carbons (Fsp3) is 0.500. The number of urea groups is 1. The summed E-state index contributed by atoms with van der Waals surface area (Å²) >= 11 is 0. The van der Waals surface area contributed by atoms with Crippen LogP contribution >= 0.6 is 0 Å². The zero-order valence-electron chi connectivity index (χ0n) is 13.8. The Hall–Kier alpha value is -2.46. The molecule has 1 heterocycles. The maximum Gasteiger partial charge on any atom is 0.416 e. The van der Waals surface area contributed by atoms with Gasteiger partial charge in [-0.25, -0.2) is 4.79 Å². The van der Waals surface area contributed by atoms with Crippen molar-refractivity contribution in [2.45, 2.75) is 31.2 Å². The molecule has 1 unspecified atom stereocenters. The lowest BCUT2D eigenvalue weighted by molar-refractivity contribution is -0.160. The van der Waals surface area contributed by atoms with E-state index in [9.17, 15) is 35.9 Å². The number of hydrogen-bond acceptors (Lipinski definition) is 2. The normalized spacial score (nSPS) is 17.5. The van der Waals surface area contributed by atoms with E-state index in [1.165, 1.54) is 0 Å². The summed E-state index contributed by atoms with van der Waals surface area (Å²) in [6.07, 6.45) is -10.1. The van der Waals surface area contributed by atoms with Gasteiger partial charge in [0.05, 0.1) is 11.5 Å². The molecule has 150 valence electrons. The number of hydrogen-bond donors (Lipinski definition) is 2. The van der Waals surface area contributed by atoms with Crippen molar-refractivity contribution in [2.24, 2.45) is 5.92 Å². The van der Waals surface area contributed by atoms with Gasteiger partial charge in [-0.15, -0.1) is 0 Å². The molecule has 5 nitrogen and oxygen atoms in total. The van der Waals surface area contributed by atoms with Crippen LogP contribution in [0, 0.1) is 5.92 Å². The van der Waals surface area contributed by atoms with E-state index in [0.717, 1.165) is 17.0 Å². The number of likely N-dealkylation sites (tertiary alicyclic amines) is 1. The Morgan fingerprint density at radius 2 is 1.63 bits per heavy atom. The number of nitrogens with zero attached hydrogens (tertiary/aromatic N) is 1. The first-order valence-corrected chi connectivity index (χ1v) is 7.92. The number of piperidine rings is 1. The van der Waals surface area contributed by atoms with Crippen LogP contribution in [-0.4, -0.2) is 41.3 Å². The highest BCUT2D eigenvalue weighted by Gasteiger charge is 2.47. The van der Waals surface area contributed by atoms with E-state index in [0.29, 0.717) is 12.1 Å². The van der Waals surface area contributed by atoms with Crippen molar-refractivity contribution < 1.29 is 41.0 Å². The Morgan fingerprint density at radius 3 is 2.11 bits per heavy atom. The molecule has 1 aliphatic rings. The molecule has 0 aliphatic carbocycles. The van der Waals surface area contributed by atoms with Crippen LogP contribution in [0.2, 0.25) is 0 Å². The van der Waals surface area contributed by atoms with E-state index >= 15 is 0 Å². The molecule has 0 saturated carbocycles. The van der Waals surface area contributed by atoms with Crippen molar-refractivity contribution in [3.05, 3.63) is 35.4 Å². The molecule has 1 saturated heterocycles. The second kappa shape index (κ2) is 7.65. The van der Waals surface area contributed by atoms with Gasteiger partial charge < -0.3 is 15.3 Å². The number of alkyl halides is 6. The van der Waals surface area contributed by atoms with Gasteiger partial charge in [-0.1, -0.05) is 18.2 Å². The highest BCUT2D eigenvalue weighted by Crippen LogP contribution is 2.40. The minimum absolute atomic E-state index is 0.0541. The van der Waals surface area contributed by atoms with Gasteiger partial charge in [0.15, 0.2) is 6.04 Å². The molecule has 2 N–H and O–H groups in total. The number of amides is 2. The van der Waals surface area contributed by atoms with Gasteiger partial charge >= 0.3 is 24.4 Å². The van der Waals surface area contributed by atoms with Gasteiger partial charge in [0.25, 0.3) is 0 Å². The molecule has 1 atom stereocenters. The summed E-state index contributed by atoms with van der Waals surface area (Å²) in [6, 6.07) is -0.888. The van der Waals surface area contributed by atoms with E-state index in [4.69, 9.17) is 5.11 Å². The van der Waals surface area contributed by atoms with Gasteiger partial charge in [-0.2, -0.15) is 26.3 Å². The van der Waals surface area contributed by atoms with Gasteiger partial charge in [0, 0.05) is 13.1 Å². The Morgan fingerprint density at radius 1 is 1.07 bits per heavy atom. The topological polar surface area (TPSA) is 69.6 Å². The number of carboxylic acids is 1. The first-order valence-electron chi connectivity index (χ1n) is 7.92. The fourth-order valence-electron chi connectivity index (χ4n) is 2.89. The number of aliphatic carboxylic acids is 1. The number of halogens is 6. The third kappa shape index (κ3) is 5.04. The van der Waals surface area contributed by atoms with Crippen molar-refractivity contribution in [3.8, 4) is 0 Å². The number of carboxylic acid groups (broad SMARTS) is 1. The van der Waals surface area contributed by atoms with Crippen LogP contribution in [0.15, 0.2) is 24.3 Å². The third-order valence-electron chi connectivity index (χ3n) is 4.30. The van der Waals surface area contributed by atoms with Crippen LogP contribution in [0.3, 0.4) is 0 Å². The van der Waals surface area contributed by atoms with Crippen molar-refractivity contribution >= 4 is 12.0 Å². The SMILES string of the molecule is O=C(O)C1CCN(C(=O)NC(c2ccccc2C(F)(F)F)C(F)(F)F)CC1. The molecule has 0 radical (unpaired) electrons. The van der Waals surface area contributed by atoms with E-state index in [-0.39, 0.29) is 25.9 Å². The van der Waals surface area contributed by atoms with Crippen LogP contribution < -0.4 is 5.32 Å². The molecule has 0 aromatic heterocycles. The molecule has 1 fully saturated rings. The van der Waals surface area contributed by atoms with E-state index < -0.39 is 47.4 Å². The second-order valence-corrected chi connectivity index (χ2v) is 6.11. The zero-order valence-corrected chi connectivity index (χ0v) is 13.8. The first-order chi connectivity index (χ1) is 12.4. The summed E-state index contributed by atoms with van der Waals surface area (Å²) in [6.45, 7) is -0.206. The van der Waals surface area contributed by atoms with Crippen LogP contribution in [0.4, 0.5) is 31.1 Å². The Balaban J connectivity index is 2.23. The number of carbonyl (C=O) groups is 2. The molecule has 2 rings (SSSR count). The van der Waals surface area contributed by atoms with Crippen LogP contribution in [-0.2, 0) is 11.0 Å². The van der Waals surface area contributed by atoms with E-state index in [1.54, 1.807) is 5.32 Å². The zero-order chi connectivity index (χ0) is 20.4. The summed E-state index contributed by atoms with van der Waals surface area (Å²) in [7, 11) is 0. The highest BCUT2D eigenvalue weighted by atomic mass is 19.4. The van der Waals surface area contributed by atoms with Gasteiger partial charge in [-0.05, 0) is 24.5 Å². The predicted octanol–water partition coefficient (Wildman–Crippen LogP) is 3.82. The van der Waals surface area contributed by atoms with Crippen LogP contribution in [0.1, 0.15) is 30.0 Å². The fourth-order valence-corrected chi connectivity index (χ4v) is 2.89. The average Bonchev–Trinajstić information content (AvgIpc) is 2.57. The van der Waals surface area contributed by atoms with Gasteiger partial charge in [0.2, 0.25) is 0 Å². The molecular formula is C16H16F6N2O3. The number of nitrogens with one attached hydrogen (secondary N) is 1. The lowest BCUT2D eigenvalue weighted by atomic mass is 9.97. The maximum atomic E-state index is 13.4. The standard InChI is InChI=1S/C16H16F6N2O3/c17-15(18,19)11-4-2-1-3-10(11)12(16(20,21)22)23-14(27)24-7-5-9(6-8-24)13(25)26/h1-4,9,12H,5-8H2,(H,23,27)(H,25,26). The molecule has 11 heteroatoms. The monoisotopic (exact) mass is 398 g/mol. The smallest absolute Gasteiger partial charge is 0.416 e. The van der Waals surface area contributed by atoms with Gasteiger partial charge in [0.1, 0.15) is 0 Å². The van der Waals surface area contributed by atoms with E-state index in [1.807, 2.05) is 0 Å². The second-order valence-electron chi connectivity index (χ2n) is 6.11. The summed E-state index contributed by atoms with van der Waals surface area (Å²) in [5.41, 5.74) is -2.59. The molecule has 1 aromatic carbocycles. The summed E-state index contributed by atoms with van der Waals surface area (Å²) in [5.74, 6) is -1.78. The Bertz CT molecular complexity index is 696. The largest absolute Gasteiger partial charge is 0.481 e. The first kappa shape index (κ1) is 20.8. The molecule has 1 aromatic rings. The third-order valence-corrected chi connectivity index (χ3v) is 4.30. The number of benzene rings is 1. The molecule has 1 aliphatic heterocycles. The van der Waals surface area contributed by atoms with Crippen LogP contribution in [0.25, 0.3) is 0 Å². The average molecular weight is 398 g/mol.